The Balaban J connectivity index is 4.14. The van der Waals surface area contributed by atoms with Crippen LogP contribution in [0.1, 0.15) is 303 Å². The number of carbonyl (C=O) groups is 1. The van der Waals surface area contributed by atoms with Gasteiger partial charge in [-0.1, -0.05) is 334 Å². The number of phosphoric ester groups is 1. The standard InChI is InChI=1S/C78H137N2O6P/c1-6-8-10-12-14-16-18-20-22-24-26-28-30-32-34-35-36-37-38-39-40-41-42-43-44-45-46-48-50-52-54-56-58-60-62-64-66-68-70-72-78(82)79-76(75-86-87(83,84)85-74-73-80(3,4)5)77(81)71-69-67-65-63-61-59-57-55-53-51-49-47-33-31-29-27-25-23-21-19-17-15-13-11-9-7-2/h8,10,14,16,20,22,26,28,32,34,36-37,39-40,42-43,45-46,50,52,69,71,76-77,81H,6-7,9,11-13,15,17-19,21,23-25,27,29-31,33,35,38,41,44,47-49,51,53-68,70,72-75H2,1-5H3,(H-,79,82,83,84)/p+1/b10-8-,16-14-,22-20-,28-26-,34-32-,37-36-,40-39-,43-42-,46-45-,52-50-,71-69+. The van der Waals surface area contributed by atoms with Gasteiger partial charge in [0.2, 0.25) is 5.91 Å². The van der Waals surface area contributed by atoms with E-state index in [0.29, 0.717) is 17.4 Å². The van der Waals surface area contributed by atoms with E-state index in [1.807, 2.05) is 27.2 Å². The molecule has 0 radical (unpaired) electrons. The Morgan fingerprint density at radius 2 is 0.690 bits per heavy atom. The third-order valence-electron chi connectivity index (χ3n) is 15.6. The van der Waals surface area contributed by atoms with Crippen LogP contribution in [-0.4, -0.2) is 73.4 Å². The van der Waals surface area contributed by atoms with Gasteiger partial charge in [-0.2, -0.15) is 0 Å². The first-order valence-corrected chi connectivity index (χ1v) is 37.6. The van der Waals surface area contributed by atoms with Crippen molar-refractivity contribution in [3.8, 4) is 0 Å². The number of aliphatic hydroxyl groups excluding tert-OH is 1. The predicted molar refractivity (Wildman–Crippen MR) is 382 cm³/mol. The number of quaternary nitrogens is 1. The number of likely N-dealkylation sites (N-methyl/N-ethyl adjacent to an activating group) is 1. The Hall–Kier alpha value is -3.36. The highest BCUT2D eigenvalue weighted by Crippen LogP contribution is 2.43. The van der Waals surface area contributed by atoms with Crippen LogP contribution in [0, 0.1) is 0 Å². The number of carbonyl (C=O) groups excluding carboxylic acids is 1. The first kappa shape index (κ1) is 83.6. The van der Waals surface area contributed by atoms with Crippen molar-refractivity contribution in [3.05, 3.63) is 134 Å². The first-order valence-electron chi connectivity index (χ1n) is 36.1. The van der Waals surface area contributed by atoms with Gasteiger partial charge < -0.3 is 19.8 Å². The quantitative estimate of drug-likeness (QED) is 0.0243. The molecule has 0 spiro atoms. The lowest BCUT2D eigenvalue weighted by Gasteiger charge is -2.25. The minimum absolute atomic E-state index is 0.0541. The van der Waals surface area contributed by atoms with Crippen molar-refractivity contribution in [2.75, 3.05) is 40.9 Å². The van der Waals surface area contributed by atoms with Crippen molar-refractivity contribution in [2.24, 2.45) is 0 Å². The highest BCUT2D eigenvalue weighted by molar-refractivity contribution is 7.47. The summed E-state index contributed by atoms with van der Waals surface area (Å²) in [6.45, 7) is 4.71. The van der Waals surface area contributed by atoms with Crippen molar-refractivity contribution in [1.29, 1.82) is 0 Å². The molecule has 0 aromatic rings. The van der Waals surface area contributed by atoms with E-state index in [1.54, 1.807) is 6.08 Å². The van der Waals surface area contributed by atoms with Gasteiger partial charge in [0.05, 0.1) is 39.9 Å². The van der Waals surface area contributed by atoms with Crippen molar-refractivity contribution >= 4 is 13.7 Å². The summed E-state index contributed by atoms with van der Waals surface area (Å²) in [5.41, 5.74) is 0. The van der Waals surface area contributed by atoms with Crippen molar-refractivity contribution in [1.82, 2.24) is 5.32 Å². The molecule has 3 unspecified atom stereocenters. The van der Waals surface area contributed by atoms with Gasteiger partial charge >= 0.3 is 7.82 Å². The van der Waals surface area contributed by atoms with Crippen molar-refractivity contribution in [2.45, 2.75) is 315 Å². The maximum absolute atomic E-state index is 13.1. The van der Waals surface area contributed by atoms with E-state index in [-0.39, 0.29) is 19.1 Å². The van der Waals surface area contributed by atoms with Crippen LogP contribution in [0.2, 0.25) is 0 Å². The molecule has 0 saturated heterocycles. The van der Waals surface area contributed by atoms with Crippen molar-refractivity contribution < 1.29 is 32.9 Å². The molecular weight excluding hydrogens is 1090 g/mol. The summed E-state index contributed by atoms with van der Waals surface area (Å²) in [6.07, 6.45) is 102. The van der Waals surface area contributed by atoms with Crippen LogP contribution < -0.4 is 5.32 Å². The zero-order valence-electron chi connectivity index (χ0n) is 57.2. The van der Waals surface area contributed by atoms with Gasteiger partial charge in [0, 0.05) is 6.42 Å². The fourth-order valence-corrected chi connectivity index (χ4v) is 10.8. The van der Waals surface area contributed by atoms with Crippen LogP contribution in [0.4, 0.5) is 0 Å². The van der Waals surface area contributed by atoms with Crippen LogP contribution in [0.3, 0.4) is 0 Å². The molecule has 0 heterocycles. The zero-order chi connectivity index (χ0) is 63.4. The second kappa shape index (κ2) is 67.0. The molecule has 0 aliphatic carbocycles. The van der Waals surface area contributed by atoms with Gasteiger partial charge in [-0.3, -0.25) is 13.8 Å². The molecule has 8 nitrogen and oxygen atoms in total. The molecule has 0 aromatic heterocycles. The maximum atomic E-state index is 13.1. The van der Waals surface area contributed by atoms with Crippen LogP contribution in [0.25, 0.3) is 0 Å². The lowest BCUT2D eigenvalue weighted by Crippen LogP contribution is -2.45. The summed E-state index contributed by atoms with van der Waals surface area (Å²) >= 11 is 0. The summed E-state index contributed by atoms with van der Waals surface area (Å²) in [4.78, 5) is 23.4. The molecule has 0 bridgehead atoms. The fourth-order valence-electron chi connectivity index (χ4n) is 10.1. The Kier molecular flexibility index (Phi) is 64.5. The molecule has 3 N–H and O–H groups in total. The van der Waals surface area contributed by atoms with E-state index >= 15 is 0 Å². The Labute approximate surface area is 538 Å². The molecule has 500 valence electrons. The number of unbranched alkanes of at least 4 members (excludes halogenated alkanes) is 32. The number of allylic oxidation sites excluding steroid dienone is 21. The third-order valence-corrected chi connectivity index (χ3v) is 16.6. The number of hydrogen-bond acceptors (Lipinski definition) is 5. The Bertz CT molecular complexity index is 1880. The molecule has 87 heavy (non-hydrogen) atoms. The van der Waals surface area contributed by atoms with E-state index in [2.05, 4.69) is 141 Å². The molecule has 0 rings (SSSR count). The fraction of sp³-hybridized carbons (Fsp3) is 0.705. The van der Waals surface area contributed by atoms with Gasteiger partial charge in [0.15, 0.2) is 0 Å². The number of phosphoric acid groups is 1. The third kappa shape index (κ3) is 70.0. The molecule has 1 amide bonds. The van der Waals surface area contributed by atoms with E-state index in [9.17, 15) is 19.4 Å². The lowest BCUT2D eigenvalue weighted by atomic mass is 10.0. The number of nitrogens with zero attached hydrogens (tertiary/aromatic N) is 1. The minimum Gasteiger partial charge on any atom is -0.387 e. The first-order chi connectivity index (χ1) is 42.5. The van der Waals surface area contributed by atoms with Crippen LogP contribution in [0.5, 0.6) is 0 Å². The Morgan fingerprint density at radius 3 is 1.01 bits per heavy atom. The molecule has 0 aliphatic heterocycles. The highest BCUT2D eigenvalue weighted by atomic mass is 31.2. The van der Waals surface area contributed by atoms with E-state index < -0.39 is 20.0 Å². The summed E-state index contributed by atoms with van der Waals surface area (Å²) in [6, 6.07) is -0.862. The number of rotatable bonds is 65. The summed E-state index contributed by atoms with van der Waals surface area (Å²) in [5, 5.41) is 14.0. The normalized spacial score (nSPS) is 14.4. The second-order valence-corrected chi connectivity index (χ2v) is 26.7. The predicted octanol–water partition coefficient (Wildman–Crippen LogP) is 23.4. The molecule has 0 aliphatic rings. The summed E-state index contributed by atoms with van der Waals surface area (Å²) < 4.78 is 23.8. The van der Waals surface area contributed by atoms with Crippen molar-refractivity contribution in [3.63, 3.8) is 0 Å². The van der Waals surface area contributed by atoms with E-state index in [4.69, 9.17) is 9.05 Å². The smallest absolute Gasteiger partial charge is 0.387 e. The summed E-state index contributed by atoms with van der Waals surface area (Å²) in [7, 11) is 1.56. The highest BCUT2D eigenvalue weighted by Gasteiger charge is 2.28. The molecule has 0 fully saturated rings. The number of hydrogen-bond donors (Lipinski definition) is 3. The molecule has 9 heteroatoms. The Morgan fingerprint density at radius 1 is 0.402 bits per heavy atom. The van der Waals surface area contributed by atoms with Gasteiger partial charge in [0.1, 0.15) is 13.2 Å². The number of aliphatic hydroxyl groups is 1. The summed E-state index contributed by atoms with van der Waals surface area (Å²) in [5.74, 6) is -0.187. The number of amides is 1. The minimum atomic E-state index is -4.37. The van der Waals surface area contributed by atoms with E-state index in [0.717, 1.165) is 116 Å². The van der Waals surface area contributed by atoms with Crippen LogP contribution in [0.15, 0.2) is 134 Å². The SMILES string of the molecule is CC/C=C\C/C=C\C/C=C\C/C=C\C/C=C\C/C=C\C/C=C\C/C=C\C/C=C\C/C=C\CCCCCCCCCCC(=O)NC(COP(=O)(O)OCC[N+](C)(C)C)C(O)/C=C/CCCCCCCCCCCCCCCCCCCCCCCCCC. The topological polar surface area (TPSA) is 105 Å². The average Bonchev–Trinajstić information content (AvgIpc) is 3.69. The van der Waals surface area contributed by atoms with Gasteiger partial charge in [-0.05, 0) is 96.3 Å². The maximum Gasteiger partial charge on any atom is 0.472 e. The monoisotopic (exact) mass is 1230 g/mol. The molecule has 0 aromatic carbocycles. The average molecular weight is 1230 g/mol. The number of nitrogens with one attached hydrogen (secondary N) is 1. The van der Waals surface area contributed by atoms with Crippen LogP contribution in [-0.2, 0) is 18.4 Å². The van der Waals surface area contributed by atoms with Gasteiger partial charge in [0.25, 0.3) is 0 Å². The van der Waals surface area contributed by atoms with Crippen LogP contribution >= 0.6 is 7.82 Å². The lowest BCUT2D eigenvalue weighted by molar-refractivity contribution is -0.870. The van der Waals surface area contributed by atoms with E-state index in [1.165, 1.54) is 167 Å². The molecule has 3 atom stereocenters. The zero-order valence-corrected chi connectivity index (χ0v) is 58.1. The molecule has 0 saturated carbocycles. The molecular formula is C78H138N2O6P+. The van der Waals surface area contributed by atoms with Gasteiger partial charge in [-0.15, -0.1) is 0 Å². The largest absolute Gasteiger partial charge is 0.472 e. The second-order valence-electron chi connectivity index (χ2n) is 25.2. The van der Waals surface area contributed by atoms with Gasteiger partial charge in [-0.25, -0.2) is 4.57 Å².